The molecule has 0 saturated heterocycles. The number of hydrogen-bond donors (Lipinski definition) is 2. The molecule has 2 N–H and O–H groups in total. The first kappa shape index (κ1) is 17.1. The Hall–Kier alpha value is -2.32. The van der Waals surface area contributed by atoms with Gasteiger partial charge in [0.1, 0.15) is 16.8 Å². The number of fused-ring (bicyclic) bond motifs is 1. The summed E-state index contributed by atoms with van der Waals surface area (Å²) in [6.07, 6.45) is 0. The Labute approximate surface area is 162 Å². The Morgan fingerprint density at radius 3 is 2.54 bits per heavy atom. The smallest absolute Gasteiger partial charge is 0.210 e. The topological polar surface area (TPSA) is 80.0 Å². The number of phenols is 1. The zero-order chi connectivity index (χ0) is 18.3. The molecule has 0 aliphatic carbocycles. The molecule has 0 saturated carbocycles. The lowest BCUT2D eigenvalue weighted by Gasteiger charge is -2.32. The third-order valence-electron chi connectivity index (χ3n) is 4.24. The van der Waals surface area contributed by atoms with Gasteiger partial charge in [-0.05, 0) is 36.8 Å². The first-order chi connectivity index (χ1) is 12.5. The third kappa shape index (κ3) is 3.10. The molecule has 2 heterocycles. The lowest BCUT2D eigenvalue weighted by Crippen LogP contribution is -2.39. The van der Waals surface area contributed by atoms with E-state index in [0.29, 0.717) is 10.7 Å². The largest absolute Gasteiger partial charge is 0.508 e. The summed E-state index contributed by atoms with van der Waals surface area (Å²) in [6, 6.07) is 13.9. The third-order valence-corrected chi connectivity index (χ3v) is 5.98. The molecule has 132 valence electrons. The van der Waals surface area contributed by atoms with E-state index in [2.05, 4.69) is 31.6 Å². The Balaban J connectivity index is 1.74. The van der Waals surface area contributed by atoms with Crippen molar-refractivity contribution >= 4 is 33.5 Å². The zero-order valence-electron chi connectivity index (χ0n) is 13.8. The van der Waals surface area contributed by atoms with Crippen molar-refractivity contribution in [2.24, 2.45) is 0 Å². The van der Waals surface area contributed by atoms with Crippen LogP contribution in [0.2, 0.25) is 0 Å². The highest BCUT2D eigenvalue weighted by Gasteiger charge is 2.37. The minimum atomic E-state index is -0.406. The number of aryl methyl sites for hydroxylation is 1. The van der Waals surface area contributed by atoms with Crippen LogP contribution in [0.25, 0.3) is 0 Å². The average Bonchev–Trinajstić information content (AvgIpc) is 3.02. The summed E-state index contributed by atoms with van der Waals surface area (Å²) >= 11 is 4.79. The van der Waals surface area contributed by atoms with E-state index in [1.54, 1.807) is 16.8 Å². The summed E-state index contributed by atoms with van der Waals surface area (Å²) in [5.41, 5.74) is 4.90. The Morgan fingerprint density at radius 1 is 1.15 bits per heavy atom. The molecule has 0 unspecified atom stereocenters. The number of phenolic OH excluding ortho intramolecular Hbond substituents is 1. The number of carbonyl (C=O) groups is 1. The van der Waals surface area contributed by atoms with Gasteiger partial charge in [-0.25, -0.2) is 4.68 Å². The van der Waals surface area contributed by atoms with E-state index in [9.17, 15) is 9.90 Å². The number of Topliss-reactive ketones (excluding diaryl/α,β-unsaturated/α-hetero) is 1. The quantitative estimate of drug-likeness (QED) is 0.616. The second kappa shape index (κ2) is 6.77. The molecule has 26 heavy (non-hydrogen) atoms. The van der Waals surface area contributed by atoms with Crippen LogP contribution in [-0.2, 0) is 0 Å². The summed E-state index contributed by atoms with van der Waals surface area (Å²) in [4.78, 5) is 13.2. The summed E-state index contributed by atoms with van der Waals surface area (Å²) in [5, 5.41) is 18.1. The Kier molecular flexibility index (Phi) is 4.46. The minimum Gasteiger partial charge on any atom is -0.508 e. The molecule has 1 aliphatic rings. The maximum absolute atomic E-state index is 13.2. The fourth-order valence-electron chi connectivity index (χ4n) is 2.87. The van der Waals surface area contributed by atoms with Crippen LogP contribution in [0.4, 0.5) is 0 Å². The second-order valence-electron chi connectivity index (χ2n) is 5.97. The number of aromatic nitrogens is 3. The fraction of sp³-hybridized carbons (Fsp3) is 0.167. The van der Waals surface area contributed by atoms with E-state index in [-0.39, 0.29) is 17.6 Å². The average molecular weight is 431 g/mol. The molecule has 6 nitrogen and oxygen atoms in total. The molecule has 0 spiro atoms. The van der Waals surface area contributed by atoms with Crippen LogP contribution in [0.15, 0.2) is 58.2 Å². The van der Waals surface area contributed by atoms with Crippen molar-refractivity contribution in [3.8, 4) is 5.75 Å². The van der Waals surface area contributed by atoms with E-state index >= 15 is 0 Å². The van der Waals surface area contributed by atoms with Gasteiger partial charge in [0.05, 0.1) is 6.04 Å². The number of benzene rings is 2. The zero-order valence-corrected chi connectivity index (χ0v) is 16.2. The van der Waals surface area contributed by atoms with Gasteiger partial charge in [0, 0.05) is 10.0 Å². The number of hydrogen-bond acceptors (Lipinski definition) is 6. The van der Waals surface area contributed by atoms with Crippen molar-refractivity contribution in [2.45, 2.75) is 23.4 Å². The standard InChI is InChI=1S/C18H15BrN4O2S/c1-10-20-21-18-23(10)22-15(11-4-8-14(24)9-5-11)17(26-18)16(25)12-2-6-13(19)7-3-12/h2-9,15,17,22,24H,1H3/t15-,17-/m1/s1. The normalized spacial score (nSPS) is 18.8. The van der Waals surface area contributed by atoms with E-state index in [4.69, 9.17) is 0 Å². The molecule has 4 rings (SSSR count). The summed E-state index contributed by atoms with van der Waals surface area (Å²) in [6.45, 7) is 1.86. The monoisotopic (exact) mass is 430 g/mol. The number of nitrogens with one attached hydrogen (secondary N) is 1. The van der Waals surface area contributed by atoms with E-state index in [0.717, 1.165) is 15.9 Å². The van der Waals surface area contributed by atoms with Crippen LogP contribution in [0.3, 0.4) is 0 Å². The molecule has 1 aliphatic heterocycles. The number of aromatic hydroxyl groups is 1. The highest BCUT2D eigenvalue weighted by Crippen LogP contribution is 2.39. The van der Waals surface area contributed by atoms with Crippen LogP contribution in [0, 0.1) is 6.92 Å². The van der Waals surface area contributed by atoms with Gasteiger partial charge in [0.25, 0.3) is 0 Å². The SMILES string of the molecule is Cc1nnc2n1N[C@H](c1ccc(O)cc1)[C@H](C(=O)c1ccc(Br)cc1)S2. The van der Waals surface area contributed by atoms with Crippen LogP contribution in [0.1, 0.15) is 27.8 Å². The lowest BCUT2D eigenvalue weighted by molar-refractivity contribution is 0.0980. The van der Waals surface area contributed by atoms with Crippen molar-refractivity contribution in [2.75, 3.05) is 5.43 Å². The Morgan fingerprint density at radius 2 is 1.85 bits per heavy atom. The lowest BCUT2D eigenvalue weighted by atomic mass is 9.97. The highest BCUT2D eigenvalue weighted by atomic mass is 79.9. The van der Waals surface area contributed by atoms with Gasteiger partial charge in [0.15, 0.2) is 5.78 Å². The maximum Gasteiger partial charge on any atom is 0.210 e. The Bertz CT molecular complexity index is 956. The summed E-state index contributed by atoms with van der Waals surface area (Å²) in [5.74, 6) is 0.931. The first-order valence-electron chi connectivity index (χ1n) is 7.97. The minimum absolute atomic E-state index is 0.0139. The van der Waals surface area contributed by atoms with Gasteiger partial charge in [-0.15, -0.1) is 10.2 Å². The number of ketones is 1. The van der Waals surface area contributed by atoms with E-state index in [1.807, 2.05) is 43.3 Å². The fourth-order valence-corrected chi connectivity index (χ4v) is 4.34. The molecule has 2 atom stereocenters. The van der Waals surface area contributed by atoms with Crippen molar-refractivity contribution in [3.63, 3.8) is 0 Å². The molecule has 0 radical (unpaired) electrons. The second-order valence-corrected chi connectivity index (χ2v) is 8.00. The van der Waals surface area contributed by atoms with Gasteiger partial charge >= 0.3 is 0 Å². The van der Waals surface area contributed by atoms with Gasteiger partial charge in [-0.1, -0.05) is 52.0 Å². The number of carbonyl (C=O) groups excluding carboxylic acids is 1. The number of thioether (sulfide) groups is 1. The molecular formula is C18H15BrN4O2S. The first-order valence-corrected chi connectivity index (χ1v) is 9.64. The molecular weight excluding hydrogens is 416 g/mol. The molecule has 1 aromatic heterocycles. The predicted octanol–water partition coefficient (Wildman–Crippen LogP) is 3.70. The van der Waals surface area contributed by atoms with Crippen LogP contribution < -0.4 is 5.43 Å². The summed E-state index contributed by atoms with van der Waals surface area (Å²) in [7, 11) is 0. The van der Waals surface area contributed by atoms with Gasteiger partial charge in [0.2, 0.25) is 5.16 Å². The molecule has 0 fully saturated rings. The van der Waals surface area contributed by atoms with Crippen molar-refractivity contribution in [3.05, 3.63) is 70.0 Å². The number of rotatable bonds is 3. The van der Waals surface area contributed by atoms with Crippen LogP contribution in [0.5, 0.6) is 5.75 Å². The van der Waals surface area contributed by atoms with Gasteiger partial charge in [-0.3, -0.25) is 4.79 Å². The van der Waals surface area contributed by atoms with Crippen LogP contribution in [-0.4, -0.2) is 31.0 Å². The predicted molar refractivity (Wildman–Crippen MR) is 103 cm³/mol. The summed E-state index contributed by atoms with van der Waals surface area (Å²) < 4.78 is 2.72. The van der Waals surface area contributed by atoms with Gasteiger partial charge < -0.3 is 10.5 Å². The van der Waals surface area contributed by atoms with Gasteiger partial charge in [-0.2, -0.15) is 0 Å². The van der Waals surface area contributed by atoms with Crippen LogP contribution >= 0.6 is 27.7 Å². The molecule has 8 heteroatoms. The maximum atomic E-state index is 13.2. The van der Waals surface area contributed by atoms with E-state index < -0.39 is 5.25 Å². The molecule has 3 aromatic rings. The van der Waals surface area contributed by atoms with E-state index in [1.165, 1.54) is 11.8 Å². The molecule has 0 amide bonds. The van der Waals surface area contributed by atoms with Crippen molar-refractivity contribution < 1.29 is 9.90 Å². The van der Waals surface area contributed by atoms with Crippen molar-refractivity contribution in [1.29, 1.82) is 0 Å². The number of nitrogens with zero attached hydrogens (tertiary/aromatic N) is 3. The number of halogens is 1. The molecule has 0 bridgehead atoms. The molecule has 2 aromatic carbocycles. The van der Waals surface area contributed by atoms with Crippen molar-refractivity contribution in [1.82, 2.24) is 14.9 Å². The highest BCUT2D eigenvalue weighted by molar-refractivity contribution is 9.10.